The van der Waals surface area contributed by atoms with Crippen LogP contribution >= 0.6 is 15.9 Å². The second kappa shape index (κ2) is 4.39. The highest BCUT2D eigenvalue weighted by molar-refractivity contribution is 9.12. The lowest BCUT2D eigenvalue weighted by Gasteiger charge is -2.13. The average Bonchev–Trinajstić information content (AvgIpc) is 2.56. The Balaban J connectivity index is 2.54. The summed E-state index contributed by atoms with van der Waals surface area (Å²) in [6.45, 7) is 1.98. The molecule has 1 aliphatic heterocycles. The Hall–Kier alpha value is -1.13. The molecule has 0 aliphatic carbocycles. The van der Waals surface area contributed by atoms with Crippen molar-refractivity contribution < 1.29 is 14.3 Å². The highest BCUT2D eigenvalue weighted by atomic mass is 79.9. The fraction of sp³-hybridized carbons (Fsp3) is 0.250. The summed E-state index contributed by atoms with van der Waals surface area (Å²) in [6.07, 6.45) is -0.622. The SMILES string of the molecule is COC1OC(=O)C(Br)=C1c1ccccc1C. The third-order valence-corrected chi connectivity index (χ3v) is 3.27. The van der Waals surface area contributed by atoms with Gasteiger partial charge in [-0.2, -0.15) is 0 Å². The minimum atomic E-state index is -0.622. The Morgan fingerprint density at radius 1 is 1.38 bits per heavy atom. The summed E-state index contributed by atoms with van der Waals surface area (Å²) in [7, 11) is 1.52. The van der Waals surface area contributed by atoms with Gasteiger partial charge in [0.25, 0.3) is 0 Å². The number of hydrogen-bond acceptors (Lipinski definition) is 3. The van der Waals surface area contributed by atoms with Crippen LogP contribution < -0.4 is 0 Å². The minimum Gasteiger partial charge on any atom is -0.427 e. The summed E-state index contributed by atoms with van der Waals surface area (Å²) in [4.78, 5) is 11.4. The first-order valence-electron chi connectivity index (χ1n) is 4.84. The fourth-order valence-corrected chi connectivity index (χ4v) is 2.20. The molecule has 1 aromatic rings. The number of hydrogen-bond donors (Lipinski definition) is 0. The molecule has 0 N–H and O–H groups in total. The van der Waals surface area contributed by atoms with E-state index in [4.69, 9.17) is 9.47 Å². The highest BCUT2D eigenvalue weighted by Gasteiger charge is 2.34. The molecule has 1 unspecified atom stereocenters. The van der Waals surface area contributed by atoms with Crippen molar-refractivity contribution in [3.05, 3.63) is 39.9 Å². The largest absolute Gasteiger partial charge is 0.427 e. The molecule has 84 valence electrons. The van der Waals surface area contributed by atoms with E-state index in [9.17, 15) is 4.79 Å². The van der Waals surface area contributed by atoms with E-state index in [2.05, 4.69) is 15.9 Å². The molecule has 0 bridgehead atoms. The number of aryl methyl sites for hydroxylation is 1. The predicted molar refractivity (Wildman–Crippen MR) is 63.9 cm³/mol. The number of esters is 1. The van der Waals surface area contributed by atoms with Gasteiger partial charge in [-0.25, -0.2) is 4.79 Å². The summed E-state index contributed by atoms with van der Waals surface area (Å²) in [5, 5.41) is 0. The van der Waals surface area contributed by atoms with Crippen LogP contribution in [0.4, 0.5) is 0 Å². The lowest BCUT2D eigenvalue weighted by molar-refractivity contribution is -0.153. The van der Waals surface area contributed by atoms with Crippen LogP contribution in [0.1, 0.15) is 11.1 Å². The van der Waals surface area contributed by atoms with Gasteiger partial charge in [-0.05, 0) is 34.0 Å². The van der Waals surface area contributed by atoms with Crippen molar-refractivity contribution in [2.75, 3.05) is 7.11 Å². The van der Waals surface area contributed by atoms with Gasteiger partial charge in [0.2, 0.25) is 6.29 Å². The second-order valence-corrected chi connectivity index (χ2v) is 4.31. The molecule has 4 heteroatoms. The van der Waals surface area contributed by atoms with E-state index >= 15 is 0 Å². The molecule has 3 nitrogen and oxygen atoms in total. The van der Waals surface area contributed by atoms with Gasteiger partial charge in [0.1, 0.15) is 4.48 Å². The Bertz CT molecular complexity index is 465. The van der Waals surface area contributed by atoms with Crippen LogP contribution in [-0.4, -0.2) is 19.4 Å². The summed E-state index contributed by atoms with van der Waals surface area (Å²) in [6, 6.07) is 7.80. The van der Waals surface area contributed by atoms with Gasteiger partial charge in [-0.1, -0.05) is 24.3 Å². The second-order valence-electron chi connectivity index (χ2n) is 3.52. The van der Waals surface area contributed by atoms with Gasteiger partial charge in [-0.3, -0.25) is 0 Å². The molecule has 1 aliphatic rings. The quantitative estimate of drug-likeness (QED) is 0.783. The van der Waals surface area contributed by atoms with Gasteiger partial charge in [0.15, 0.2) is 0 Å². The summed E-state index contributed by atoms with van der Waals surface area (Å²) < 4.78 is 10.6. The third kappa shape index (κ3) is 1.79. The number of carbonyl (C=O) groups is 1. The maximum absolute atomic E-state index is 11.4. The van der Waals surface area contributed by atoms with Crippen LogP contribution in [0.2, 0.25) is 0 Å². The van der Waals surface area contributed by atoms with Crippen LogP contribution in [0.5, 0.6) is 0 Å². The maximum Gasteiger partial charge on any atom is 0.348 e. The number of ether oxygens (including phenoxy) is 2. The molecule has 16 heavy (non-hydrogen) atoms. The van der Waals surface area contributed by atoms with Crippen LogP contribution in [0.15, 0.2) is 28.7 Å². The first-order chi connectivity index (χ1) is 7.65. The van der Waals surface area contributed by atoms with Crippen LogP contribution in [0.25, 0.3) is 5.57 Å². The summed E-state index contributed by atoms with van der Waals surface area (Å²) >= 11 is 3.25. The normalized spacial score (nSPS) is 20.2. The number of carbonyl (C=O) groups excluding carboxylic acids is 1. The van der Waals surface area contributed by atoms with Crippen molar-refractivity contribution in [2.45, 2.75) is 13.2 Å². The van der Waals surface area contributed by atoms with E-state index < -0.39 is 6.29 Å². The average molecular weight is 283 g/mol. The lowest BCUT2D eigenvalue weighted by Crippen LogP contribution is -2.13. The van der Waals surface area contributed by atoms with Crippen molar-refractivity contribution >= 4 is 27.5 Å². The number of cyclic esters (lactones) is 1. The number of methoxy groups -OCH3 is 1. The summed E-state index contributed by atoms with van der Waals surface area (Å²) in [5.74, 6) is -0.384. The number of rotatable bonds is 2. The smallest absolute Gasteiger partial charge is 0.348 e. The monoisotopic (exact) mass is 282 g/mol. The third-order valence-electron chi connectivity index (χ3n) is 2.51. The zero-order valence-corrected chi connectivity index (χ0v) is 10.6. The number of halogens is 1. The van der Waals surface area contributed by atoms with Crippen LogP contribution in [0, 0.1) is 6.92 Å². The minimum absolute atomic E-state index is 0.384. The first-order valence-corrected chi connectivity index (χ1v) is 5.64. The molecule has 0 aromatic heterocycles. The Kier molecular flexibility index (Phi) is 3.12. The molecule has 0 fully saturated rings. The molecule has 0 saturated carbocycles. The Morgan fingerprint density at radius 3 is 2.69 bits per heavy atom. The molecule has 0 amide bonds. The molecule has 0 radical (unpaired) electrons. The predicted octanol–water partition coefficient (Wildman–Crippen LogP) is 2.63. The zero-order chi connectivity index (χ0) is 11.7. The number of benzene rings is 1. The lowest BCUT2D eigenvalue weighted by atomic mass is 10.0. The van der Waals surface area contributed by atoms with Crippen LogP contribution in [0.3, 0.4) is 0 Å². The van der Waals surface area contributed by atoms with E-state index in [1.54, 1.807) is 0 Å². The van der Waals surface area contributed by atoms with Crippen LogP contribution in [-0.2, 0) is 14.3 Å². The van der Waals surface area contributed by atoms with Crippen molar-refractivity contribution in [3.8, 4) is 0 Å². The van der Waals surface area contributed by atoms with Crippen molar-refractivity contribution in [3.63, 3.8) is 0 Å². The van der Waals surface area contributed by atoms with Crippen molar-refractivity contribution in [1.82, 2.24) is 0 Å². The maximum atomic E-state index is 11.4. The van der Waals surface area contributed by atoms with Gasteiger partial charge in [0.05, 0.1) is 0 Å². The fourth-order valence-electron chi connectivity index (χ4n) is 1.71. The molecule has 0 saturated heterocycles. The molecule has 1 atom stereocenters. The molecular formula is C12H11BrO3. The molecular weight excluding hydrogens is 272 g/mol. The van der Waals surface area contributed by atoms with Gasteiger partial charge < -0.3 is 9.47 Å². The van der Waals surface area contributed by atoms with Gasteiger partial charge in [0, 0.05) is 12.7 Å². The van der Waals surface area contributed by atoms with E-state index in [-0.39, 0.29) is 5.97 Å². The molecule has 2 rings (SSSR count). The molecule has 0 spiro atoms. The topological polar surface area (TPSA) is 35.5 Å². The Morgan fingerprint density at radius 2 is 2.06 bits per heavy atom. The van der Waals surface area contributed by atoms with E-state index in [0.717, 1.165) is 16.7 Å². The van der Waals surface area contributed by atoms with E-state index in [1.807, 2.05) is 31.2 Å². The zero-order valence-electron chi connectivity index (χ0n) is 8.99. The van der Waals surface area contributed by atoms with E-state index in [0.29, 0.717) is 4.48 Å². The van der Waals surface area contributed by atoms with E-state index in [1.165, 1.54) is 7.11 Å². The highest BCUT2D eigenvalue weighted by Crippen LogP contribution is 2.36. The standard InChI is InChI=1S/C12H11BrO3/c1-7-5-3-4-6-8(7)9-10(13)11(14)16-12(9)15-2/h3-6,12H,1-2H3. The summed E-state index contributed by atoms with van der Waals surface area (Å²) in [5.41, 5.74) is 2.80. The Labute approximate surface area is 102 Å². The molecule has 1 aromatic carbocycles. The van der Waals surface area contributed by atoms with Crippen molar-refractivity contribution in [2.24, 2.45) is 0 Å². The molecule has 1 heterocycles. The van der Waals surface area contributed by atoms with Gasteiger partial charge in [-0.15, -0.1) is 0 Å². The van der Waals surface area contributed by atoms with Gasteiger partial charge >= 0.3 is 5.97 Å². The van der Waals surface area contributed by atoms with Crippen molar-refractivity contribution in [1.29, 1.82) is 0 Å². The first kappa shape index (κ1) is 11.4.